The van der Waals surface area contributed by atoms with Gasteiger partial charge in [0.15, 0.2) is 0 Å². The lowest BCUT2D eigenvalue weighted by Gasteiger charge is -2.21. The molecule has 1 aliphatic rings. The Hall–Kier alpha value is -1.60. The van der Waals surface area contributed by atoms with Crippen LogP contribution in [0.2, 0.25) is 0 Å². The van der Waals surface area contributed by atoms with Gasteiger partial charge < -0.3 is 10.5 Å². The van der Waals surface area contributed by atoms with Gasteiger partial charge in [0.05, 0.1) is 17.6 Å². The van der Waals surface area contributed by atoms with Crippen molar-refractivity contribution in [2.75, 3.05) is 25.9 Å². The van der Waals surface area contributed by atoms with Crippen LogP contribution in [0.4, 0.5) is 5.69 Å². The Balaban J connectivity index is 2.47. The molecule has 7 heteroatoms. The molecule has 1 aromatic rings. The smallest absolute Gasteiger partial charge is 0.339 e. The zero-order chi connectivity index (χ0) is 15.5. The molecule has 0 aliphatic carbocycles. The number of esters is 1. The quantitative estimate of drug-likeness (QED) is 0.676. The van der Waals surface area contributed by atoms with Crippen LogP contribution in [0.15, 0.2) is 23.1 Å². The SMILES string of the molecule is COC(=O)c1ccc(N)cc1S(=O)(=O)N1CCCCCC1. The molecule has 0 aromatic heterocycles. The van der Waals surface area contributed by atoms with Gasteiger partial charge in [0.25, 0.3) is 0 Å². The Morgan fingerprint density at radius 2 is 1.81 bits per heavy atom. The van der Waals surface area contributed by atoms with Crippen molar-refractivity contribution >= 4 is 21.7 Å². The van der Waals surface area contributed by atoms with Gasteiger partial charge in [-0.1, -0.05) is 12.8 Å². The van der Waals surface area contributed by atoms with E-state index in [2.05, 4.69) is 4.74 Å². The number of anilines is 1. The molecule has 0 bridgehead atoms. The van der Waals surface area contributed by atoms with Gasteiger partial charge in [-0.3, -0.25) is 0 Å². The number of nitrogen functional groups attached to an aromatic ring is 1. The molecule has 0 spiro atoms. The van der Waals surface area contributed by atoms with E-state index in [9.17, 15) is 13.2 Å². The third-order valence-corrected chi connectivity index (χ3v) is 5.53. The minimum Gasteiger partial charge on any atom is -0.465 e. The normalized spacial score (nSPS) is 17.2. The van der Waals surface area contributed by atoms with Crippen LogP contribution in [-0.4, -0.2) is 38.9 Å². The van der Waals surface area contributed by atoms with Crippen LogP contribution in [0.3, 0.4) is 0 Å². The first-order chi connectivity index (χ1) is 9.96. The molecule has 1 saturated heterocycles. The molecule has 1 aromatic carbocycles. The fraction of sp³-hybridized carbons (Fsp3) is 0.500. The van der Waals surface area contributed by atoms with Crippen molar-refractivity contribution in [2.45, 2.75) is 30.6 Å². The fourth-order valence-electron chi connectivity index (χ4n) is 2.45. The average Bonchev–Trinajstić information content (AvgIpc) is 2.76. The maximum Gasteiger partial charge on any atom is 0.339 e. The molecule has 0 radical (unpaired) electrons. The fourth-order valence-corrected chi connectivity index (χ4v) is 4.18. The predicted octanol–water partition coefficient (Wildman–Crippen LogP) is 1.62. The van der Waals surface area contributed by atoms with Crippen molar-refractivity contribution in [3.63, 3.8) is 0 Å². The Morgan fingerprint density at radius 3 is 2.38 bits per heavy atom. The molecule has 0 atom stereocenters. The number of methoxy groups -OCH3 is 1. The van der Waals surface area contributed by atoms with Gasteiger partial charge in [-0.25, -0.2) is 13.2 Å². The number of hydrogen-bond acceptors (Lipinski definition) is 5. The van der Waals surface area contributed by atoms with Crippen LogP contribution in [0, 0.1) is 0 Å². The van der Waals surface area contributed by atoms with E-state index in [4.69, 9.17) is 5.73 Å². The highest BCUT2D eigenvalue weighted by Crippen LogP contribution is 2.25. The van der Waals surface area contributed by atoms with Crippen LogP contribution in [-0.2, 0) is 14.8 Å². The zero-order valence-corrected chi connectivity index (χ0v) is 12.9. The second-order valence-corrected chi connectivity index (χ2v) is 6.97. The second kappa shape index (κ2) is 6.44. The number of benzene rings is 1. The van der Waals surface area contributed by atoms with Crippen molar-refractivity contribution in [2.24, 2.45) is 0 Å². The van der Waals surface area contributed by atoms with Gasteiger partial charge in [-0.15, -0.1) is 0 Å². The number of sulfonamides is 1. The summed E-state index contributed by atoms with van der Waals surface area (Å²) in [6, 6.07) is 4.21. The van der Waals surface area contributed by atoms with E-state index < -0.39 is 16.0 Å². The summed E-state index contributed by atoms with van der Waals surface area (Å²) in [5, 5.41) is 0. The molecular formula is C14H20N2O4S. The lowest BCUT2D eigenvalue weighted by molar-refractivity contribution is 0.0596. The predicted molar refractivity (Wildman–Crippen MR) is 79.4 cm³/mol. The summed E-state index contributed by atoms with van der Waals surface area (Å²) in [6.45, 7) is 0.940. The van der Waals surface area contributed by atoms with E-state index in [-0.39, 0.29) is 10.5 Å². The van der Waals surface area contributed by atoms with Crippen LogP contribution >= 0.6 is 0 Å². The summed E-state index contributed by atoms with van der Waals surface area (Å²) in [5.41, 5.74) is 6.02. The highest BCUT2D eigenvalue weighted by molar-refractivity contribution is 7.89. The third-order valence-electron chi connectivity index (χ3n) is 3.59. The highest BCUT2D eigenvalue weighted by atomic mass is 32.2. The molecule has 0 saturated carbocycles. The standard InChI is InChI=1S/C14H20N2O4S/c1-20-14(17)12-7-6-11(15)10-13(12)21(18,19)16-8-4-2-3-5-9-16/h6-7,10H,2-5,8-9,15H2,1H3. The van der Waals surface area contributed by atoms with Gasteiger partial charge in [0.2, 0.25) is 10.0 Å². The highest BCUT2D eigenvalue weighted by Gasteiger charge is 2.30. The van der Waals surface area contributed by atoms with Crippen molar-refractivity contribution < 1.29 is 17.9 Å². The van der Waals surface area contributed by atoms with E-state index in [1.54, 1.807) is 0 Å². The van der Waals surface area contributed by atoms with Gasteiger partial charge in [0, 0.05) is 18.8 Å². The van der Waals surface area contributed by atoms with Crippen LogP contribution in [0.5, 0.6) is 0 Å². The Bertz CT molecular complexity index is 620. The molecule has 2 rings (SSSR count). The first-order valence-electron chi connectivity index (χ1n) is 6.95. The van der Waals surface area contributed by atoms with E-state index in [0.29, 0.717) is 18.8 Å². The molecule has 6 nitrogen and oxygen atoms in total. The van der Waals surface area contributed by atoms with E-state index in [0.717, 1.165) is 25.7 Å². The summed E-state index contributed by atoms with van der Waals surface area (Å²) < 4.78 is 31.7. The molecule has 21 heavy (non-hydrogen) atoms. The summed E-state index contributed by atoms with van der Waals surface area (Å²) in [5.74, 6) is -0.677. The van der Waals surface area contributed by atoms with E-state index in [1.165, 1.54) is 29.6 Å². The minimum atomic E-state index is -3.74. The lowest BCUT2D eigenvalue weighted by Crippen LogP contribution is -2.33. The van der Waals surface area contributed by atoms with E-state index in [1.807, 2.05) is 0 Å². The molecular weight excluding hydrogens is 292 g/mol. The molecule has 0 unspecified atom stereocenters. The number of nitrogens with two attached hydrogens (primary N) is 1. The summed E-state index contributed by atoms with van der Waals surface area (Å²) >= 11 is 0. The van der Waals surface area contributed by atoms with Gasteiger partial charge in [0.1, 0.15) is 0 Å². The van der Waals surface area contributed by atoms with Crippen molar-refractivity contribution in [1.29, 1.82) is 0 Å². The largest absolute Gasteiger partial charge is 0.465 e. The number of rotatable bonds is 3. The molecule has 1 heterocycles. The number of hydrogen-bond donors (Lipinski definition) is 1. The van der Waals surface area contributed by atoms with Crippen LogP contribution in [0.1, 0.15) is 36.0 Å². The Labute approximate surface area is 124 Å². The van der Waals surface area contributed by atoms with Crippen LogP contribution < -0.4 is 5.73 Å². The number of carbonyl (C=O) groups is 1. The van der Waals surface area contributed by atoms with Gasteiger partial charge >= 0.3 is 5.97 Å². The number of nitrogens with zero attached hydrogens (tertiary/aromatic N) is 1. The summed E-state index contributed by atoms with van der Waals surface area (Å²) in [6.07, 6.45) is 3.70. The third kappa shape index (κ3) is 3.36. The molecule has 2 N–H and O–H groups in total. The molecule has 0 amide bonds. The molecule has 1 aliphatic heterocycles. The van der Waals surface area contributed by atoms with Crippen molar-refractivity contribution in [1.82, 2.24) is 4.31 Å². The minimum absolute atomic E-state index is 0.0240. The molecule has 1 fully saturated rings. The van der Waals surface area contributed by atoms with Crippen LogP contribution in [0.25, 0.3) is 0 Å². The number of ether oxygens (including phenoxy) is 1. The van der Waals surface area contributed by atoms with Crippen molar-refractivity contribution in [3.8, 4) is 0 Å². The summed E-state index contributed by atoms with van der Waals surface area (Å²) in [4.78, 5) is 11.7. The first-order valence-corrected chi connectivity index (χ1v) is 8.39. The summed E-state index contributed by atoms with van der Waals surface area (Å²) in [7, 11) is -2.52. The second-order valence-electron chi connectivity index (χ2n) is 5.07. The Morgan fingerprint density at radius 1 is 1.19 bits per heavy atom. The maximum atomic E-state index is 12.8. The van der Waals surface area contributed by atoms with Gasteiger partial charge in [-0.2, -0.15) is 4.31 Å². The van der Waals surface area contributed by atoms with E-state index >= 15 is 0 Å². The van der Waals surface area contributed by atoms with Crippen molar-refractivity contribution in [3.05, 3.63) is 23.8 Å². The zero-order valence-electron chi connectivity index (χ0n) is 12.0. The Kier molecular flexibility index (Phi) is 4.84. The topological polar surface area (TPSA) is 89.7 Å². The monoisotopic (exact) mass is 312 g/mol. The lowest BCUT2D eigenvalue weighted by atomic mass is 10.2. The average molecular weight is 312 g/mol. The maximum absolute atomic E-state index is 12.8. The number of carbonyl (C=O) groups excluding carboxylic acids is 1. The first kappa shape index (κ1) is 15.8. The molecule has 116 valence electrons. The van der Waals surface area contributed by atoms with Gasteiger partial charge in [-0.05, 0) is 31.0 Å².